The first-order chi connectivity index (χ1) is 16.4. The van der Waals surface area contributed by atoms with Crippen LogP contribution in [0.1, 0.15) is 34.0 Å². The van der Waals surface area contributed by atoms with Gasteiger partial charge in [0.15, 0.2) is 18.1 Å². The van der Waals surface area contributed by atoms with Gasteiger partial charge in [-0.3, -0.25) is 14.6 Å². The number of hydrogen-bond acceptors (Lipinski definition) is 6. The molecule has 0 aliphatic carbocycles. The summed E-state index contributed by atoms with van der Waals surface area (Å²) in [5, 5.41) is 0. The highest BCUT2D eigenvalue weighted by Gasteiger charge is 2.22. The van der Waals surface area contributed by atoms with Gasteiger partial charge in [-0.15, -0.1) is 0 Å². The summed E-state index contributed by atoms with van der Waals surface area (Å²) in [5.74, 6) is -0.132. The minimum Gasteiger partial charge on any atom is -0.493 e. The predicted molar refractivity (Wildman–Crippen MR) is 128 cm³/mol. The van der Waals surface area contributed by atoms with E-state index in [-0.39, 0.29) is 29.8 Å². The number of carbonyl (C=O) groups excluding carboxylic acids is 2. The fraction of sp³-hybridized carbons (Fsp3) is 0.269. The van der Waals surface area contributed by atoms with E-state index in [2.05, 4.69) is 24.0 Å². The number of amides is 2. The maximum Gasteiger partial charge on any atom is 0.255 e. The fourth-order valence-corrected chi connectivity index (χ4v) is 3.48. The average Bonchev–Trinajstić information content (AvgIpc) is 2.87. The topological polar surface area (TPSA) is 104 Å². The van der Waals surface area contributed by atoms with Crippen LogP contribution in [0.15, 0.2) is 60.9 Å². The molecule has 178 valence electrons. The number of aryl methyl sites for hydroxylation is 1. The minimum absolute atomic E-state index is 0.203. The molecule has 1 aromatic heterocycles. The van der Waals surface area contributed by atoms with Gasteiger partial charge < -0.3 is 24.8 Å². The van der Waals surface area contributed by atoms with Crippen LogP contribution in [0.25, 0.3) is 0 Å². The lowest BCUT2D eigenvalue weighted by Gasteiger charge is -2.24. The molecule has 0 radical (unpaired) electrons. The Bertz CT molecular complexity index is 1090. The number of benzene rings is 2. The summed E-state index contributed by atoms with van der Waals surface area (Å²) in [5.41, 5.74) is 8.69. The molecule has 0 saturated heterocycles. The van der Waals surface area contributed by atoms with Gasteiger partial charge in [0.25, 0.3) is 11.8 Å². The summed E-state index contributed by atoms with van der Waals surface area (Å²) in [7, 11) is 2.89. The maximum absolute atomic E-state index is 13.7. The zero-order valence-corrected chi connectivity index (χ0v) is 19.6. The van der Waals surface area contributed by atoms with E-state index in [1.165, 1.54) is 19.8 Å². The van der Waals surface area contributed by atoms with Crippen LogP contribution in [0.2, 0.25) is 0 Å². The van der Waals surface area contributed by atoms with Crippen LogP contribution in [0.3, 0.4) is 0 Å². The molecule has 2 amide bonds. The molecule has 2 aromatic carbocycles. The predicted octanol–water partition coefficient (Wildman–Crippen LogP) is 3.37. The third-order valence-corrected chi connectivity index (χ3v) is 5.25. The third kappa shape index (κ3) is 6.25. The number of hydrogen-bond donors (Lipinski definition) is 1. The molecule has 0 atom stereocenters. The molecular weight excluding hydrogens is 434 g/mol. The molecule has 0 saturated carbocycles. The van der Waals surface area contributed by atoms with E-state index in [1.54, 1.807) is 29.4 Å². The smallest absolute Gasteiger partial charge is 0.255 e. The maximum atomic E-state index is 13.7. The summed E-state index contributed by atoms with van der Waals surface area (Å²) < 4.78 is 16.3. The van der Waals surface area contributed by atoms with E-state index >= 15 is 0 Å². The zero-order chi connectivity index (χ0) is 24.5. The molecular formula is C26H29N3O5. The van der Waals surface area contributed by atoms with Crippen LogP contribution in [-0.4, -0.2) is 42.5 Å². The van der Waals surface area contributed by atoms with Crippen molar-refractivity contribution in [3.05, 3.63) is 83.2 Å². The number of rotatable bonds is 11. The minimum atomic E-state index is -0.638. The monoisotopic (exact) mass is 463 g/mol. The van der Waals surface area contributed by atoms with Gasteiger partial charge in [-0.25, -0.2) is 0 Å². The van der Waals surface area contributed by atoms with Gasteiger partial charge in [-0.2, -0.15) is 0 Å². The molecule has 2 N–H and O–H groups in total. The highest BCUT2D eigenvalue weighted by Crippen LogP contribution is 2.39. The fourth-order valence-electron chi connectivity index (χ4n) is 3.48. The van der Waals surface area contributed by atoms with Crippen molar-refractivity contribution in [2.24, 2.45) is 5.73 Å². The summed E-state index contributed by atoms with van der Waals surface area (Å²) in [6.07, 6.45) is 4.38. The Morgan fingerprint density at radius 1 is 0.941 bits per heavy atom. The van der Waals surface area contributed by atoms with E-state index in [9.17, 15) is 9.59 Å². The molecule has 0 aliphatic rings. The standard InChI is InChI=1S/C26H29N3O5/c1-4-18-7-9-19(10-8-18)15-29(16-20-6-5-11-28-14-20)26(31)21-12-22(32-2)25(23(13-21)33-3)34-17-24(27)30/h5-14H,4,15-17H2,1-3H3,(H2,27,30). The molecule has 3 aromatic rings. The van der Waals surface area contributed by atoms with Crippen LogP contribution >= 0.6 is 0 Å². The molecule has 3 rings (SSSR count). The van der Waals surface area contributed by atoms with Gasteiger partial charge >= 0.3 is 0 Å². The van der Waals surface area contributed by atoms with E-state index < -0.39 is 5.91 Å². The Kier molecular flexibility index (Phi) is 8.45. The molecule has 8 heteroatoms. The Balaban J connectivity index is 1.95. The lowest BCUT2D eigenvalue weighted by Crippen LogP contribution is -2.30. The van der Waals surface area contributed by atoms with Crippen molar-refractivity contribution in [3.8, 4) is 17.2 Å². The number of nitrogens with two attached hydrogens (primary N) is 1. The van der Waals surface area contributed by atoms with Crippen molar-refractivity contribution in [1.29, 1.82) is 0 Å². The van der Waals surface area contributed by atoms with Gasteiger partial charge in [0, 0.05) is 31.0 Å². The Labute approximate surface area is 199 Å². The van der Waals surface area contributed by atoms with Crippen LogP contribution in [0.4, 0.5) is 0 Å². The second kappa shape index (κ2) is 11.7. The first-order valence-electron chi connectivity index (χ1n) is 10.9. The number of carbonyl (C=O) groups is 2. The number of pyridine rings is 1. The van der Waals surface area contributed by atoms with Crippen LogP contribution < -0.4 is 19.9 Å². The molecule has 8 nitrogen and oxygen atoms in total. The molecule has 0 unspecified atom stereocenters. The number of methoxy groups -OCH3 is 2. The Morgan fingerprint density at radius 2 is 1.56 bits per heavy atom. The van der Waals surface area contributed by atoms with E-state index in [1.807, 2.05) is 24.3 Å². The van der Waals surface area contributed by atoms with Crippen LogP contribution in [0.5, 0.6) is 17.2 Å². The summed E-state index contributed by atoms with van der Waals surface area (Å²) in [6.45, 7) is 2.53. The first kappa shape index (κ1) is 24.6. The molecule has 0 fully saturated rings. The van der Waals surface area contributed by atoms with Crippen molar-refractivity contribution < 1.29 is 23.8 Å². The lowest BCUT2D eigenvalue weighted by molar-refractivity contribution is -0.120. The summed E-state index contributed by atoms with van der Waals surface area (Å²) in [6, 6.07) is 15.1. The van der Waals surface area contributed by atoms with Gasteiger partial charge in [0.1, 0.15) is 0 Å². The quantitative estimate of drug-likeness (QED) is 0.468. The molecule has 0 bridgehead atoms. The van der Waals surface area contributed by atoms with E-state index in [4.69, 9.17) is 19.9 Å². The summed E-state index contributed by atoms with van der Waals surface area (Å²) in [4.78, 5) is 30.7. The van der Waals surface area contributed by atoms with Crippen molar-refractivity contribution in [2.75, 3.05) is 20.8 Å². The van der Waals surface area contributed by atoms with E-state index in [0.717, 1.165) is 17.5 Å². The average molecular weight is 464 g/mol. The van der Waals surface area contributed by atoms with Crippen LogP contribution in [0, 0.1) is 0 Å². The number of nitrogens with zero attached hydrogens (tertiary/aromatic N) is 2. The van der Waals surface area contributed by atoms with Crippen LogP contribution in [-0.2, 0) is 24.3 Å². The van der Waals surface area contributed by atoms with Crippen molar-refractivity contribution in [1.82, 2.24) is 9.88 Å². The van der Waals surface area contributed by atoms with Gasteiger partial charge in [-0.05, 0) is 41.3 Å². The first-order valence-corrected chi connectivity index (χ1v) is 10.9. The van der Waals surface area contributed by atoms with Gasteiger partial charge in [0.2, 0.25) is 5.75 Å². The lowest BCUT2D eigenvalue weighted by atomic mass is 10.1. The highest BCUT2D eigenvalue weighted by atomic mass is 16.5. The molecule has 34 heavy (non-hydrogen) atoms. The van der Waals surface area contributed by atoms with Gasteiger partial charge in [-0.1, -0.05) is 37.3 Å². The largest absolute Gasteiger partial charge is 0.493 e. The zero-order valence-electron chi connectivity index (χ0n) is 19.6. The number of primary amides is 1. The molecule has 0 spiro atoms. The van der Waals surface area contributed by atoms with Crippen molar-refractivity contribution in [2.45, 2.75) is 26.4 Å². The SMILES string of the molecule is CCc1ccc(CN(Cc2cccnc2)C(=O)c2cc(OC)c(OCC(N)=O)c(OC)c2)cc1. The summed E-state index contributed by atoms with van der Waals surface area (Å²) >= 11 is 0. The van der Waals surface area contributed by atoms with Crippen molar-refractivity contribution in [3.63, 3.8) is 0 Å². The Hall–Kier alpha value is -4.07. The number of ether oxygens (including phenoxy) is 3. The normalized spacial score (nSPS) is 10.4. The third-order valence-electron chi connectivity index (χ3n) is 5.25. The number of aromatic nitrogens is 1. The second-order valence-electron chi connectivity index (χ2n) is 7.66. The highest BCUT2D eigenvalue weighted by molar-refractivity contribution is 5.95. The van der Waals surface area contributed by atoms with Gasteiger partial charge in [0.05, 0.1) is 14.2 Å². The molecule has 0 aliphatic heterocycles. The second-order valence-corrected chi connectivity index (χ2v) is 7.66. The van der Waals surface area contributed by atoms with Crippen molar-refractivity contribution >= 4 is 11.8 Å². The molecule has 1 heterocycles. The Morgan fingerprint density at radius 3 is 2.09 bits per heavy atom. The van der Waals surface area contributed by atoms with E-state index in [0.29, 0.717) is 18.7 Å².